The second kappa shape index (κ2) is 7.79. The van der Waals surface area contributed by atoms with Crippen LogP contribution >= 0.6 is 0 Å². The smallest absolute Gasteiger partial charge is 0.0215 e. The van der Waals surface area contributed by atoms with E-state index >= 15 is 0 Å². The number of allylic oxidation sites excluding steroid dienone is 2. The second-order valence-corrected chi connectivity index (χ2v) is 9.42. The number of aryl methyl sites for hydroxylation is 1. The Bertz CT molecular complexity index is 614. The van der Waals surface area contributed by atoms with E-state index in [9.17, 15) is 0 Å². The van der Waals surface area contributed by atoms with Crippen molar-refractivity contribution in [2.45, 2.75) is 79.6 Å². The van der Waals surface area contributed by atoms with E-state index in [1.165, 1.54) is 62.7 Å². The van der Waals surface area contributed by atoms with Crippen LogP contribution in [0.5, 0.6) is 0 Å². The van der Waals surface area contributed by atoms with Crippen molar-refractivity contribution >= 4 is 0 Å². The van der Waals surface area contributed by atoms with Gasteiger partial charge in [0.15, 0.2) is 0 Å². The summed E-state index contributed by atoms with van der Waals surface area (Å²) < 4.78 is 0. The topological polar surface area (TPSA) is 3.24 Å². The molecular formula is C25H39N. The van der Waals surface area contributed by atoms with Gasteiger partial charge < -0.3 is 4.90 Å². The lowest BCUT2D eigenvalue weighted by atomic mass is 9.59. The van der Waals surface area contributed by atoms with Gasteiger partial charge >= 0.3 is 0 Å². The molecule has 1 aliphatic carbocycles. The third kappa shape index (κ3) is 3.73. The lowest BCUT2D eigenvalue weighted by molar-refractivity contribution is 0.0756. The van der Waals surface area contributed by atoms with E-state index in [2.05, 4.69) is 69.9 Å². The molecule has 1 saturated carbocycles. The Balaban J connectivity index is 1.63. The van der Waals surface area contributed by atoms with Gasteiger partial charge in [-0.15, -0.1) is 0 Å². The molecule has 1 spiro atoms. The first-order valence-corrected chi connectivity index (χ1v) is 10.9. The van der Waals surface area contributed by atoms with Gasteiger partial charge in [0.25, 0.3) is 0 Å². The van der Waals surface area contributed by atoms with Gasteiger partial charge in [0.05, 0.1) is 0 Å². The average molecular weight is 354 g/mol. The molecule has 1 nitrogen and oxygen atoms in total. The molecule has 26 heavy (non-hydrogen) atoms. The molecule has 0 amide bonds. The summed E-state index contributed by atoms with van der Waals surface area (Å²) in [6, 6.07) is 9.25. The summed E-state index contributed by atoms with van der Waals surface area (Å²) in [5, 5.41) is 0. The fourth-order valence-corrected chi connectivity index (χ4v) is 5.24. The standard InChI is InChI=1S/C25H39N/c1-6-21-8-10-22(11-9-21)12-18-26-19-17-25(23(26)7-2)15-13-24(5,14-16-25)20(3)4/h7-11,20H,6,12-19H2,1-5H3. The van der Waals surface area contributed by atoms with Crippen LogP contribution in [0.1, 0.15) is 77.8 Å². The van der Waals surface area contributed by atoms with Gasteiger partial charge in [0, 0.05) is 24.2 Å². The Hall–Kier alpha value is -1.24. The number of benzene rings is 1. The van der Waals surface area contributed by atoms with Crippen molar-refractivity contribution in [1.82, 2.24) is 4.90 Å². The fourth-order valence-electron chi connectivity index (χ4n) is 5.24. The molecule has 1 heterocycles. The highest BCUT2D eigenvalue weighted by Crippen LogP contribution is 2.56. The Morgan fingerprint density at radius 3 is 2.15 bits per heavy atom. The largest absolute Gasteiger partial charge is 0.374 e. The minimum atomic E-state index is 0.481. The minimum absolute atomic E-state index is 0.481. The van der Waals surface area contributed by atoms with Crippen LogP contribution in [-0.4, -0.2) is 18.0 Å². The van der Waals surface area contributed by atoms with Crippen molar-refractivity contribution < 1.29 is 0 Å². The van der Waals surface area contributed by atoms with Crippen LogP contribution in [0.2, 0.25) is 0 Å². The van der Waals surface area contributed by atoms with E-state index in [4.69, 9.17) is 0 Å². The maximum atomic E-state index is 2.70. The van der Waals surface area contributed by atoms with Crippen molar-refractivity contribution in [2.75, 3.05) is 13.1 Å². The Kier molecular flexibility index (Phi) is 5.85. The zero-order chi connectivity index (χ0) is 18.8. The summed E-state index contributed by atoms with van der Waals surface area (Å²) in [5.41, 5.74) is 5.62. The van der Waals surface area contributed by atoms with Gasteiger partial charge in [-0.3, -0.25) is 0 Å². The van der Waals surface area contributed by atoms with Crippen molar-refractivity contribution in [2.24, 2.45) is 16.7 Å². The first kappa shape index (κ1) is 19.5. The third-order valence-electron chi connectivity index (χ3n) is 7.86. The summed E-state index contributed by atoms with van der Waals surface area (Å²) in [6.07, 6.45) is 11.7. The normalized spacial score (nSPS) is 30.7. The maximum Gasteiger partial charge on any atom is 0.0215 e. The number of nitrogens with zero attached hydrogens (tertiary/aromatic N) is 1. The SMILES string of the molecule is CC=C1N(CCc2ccc(CC)cc2)CCC12CCC(C)(C(C)C)CC2. The van der Waals surface area contributed by atoms with Crippen molar-refractivity contribution in [3.05, 3.63) is 47.2 Å². The van der Waals surface area contributed by atoms with E-state index < -0.39 is 0 Å². The lowest BCUT2D eigenvalue weighted by Crippen LogP contribution is -2.36. The van der Waals surface area contributed by atoms with Gasteiger partial charge in [0.1, 0.15) is 0 Å². The lowest BCUT2D eigenvalue weighted by Gasteiger charge is -2.46. The zero-order valence-electron chi connectivity index (χ0n) is 17.8. The van der Waals surface area contributed by atoms with Gasteiger partial charge in [-0.1, -0.05) is 58.0 Å². The quantitative estimate of drug-likeness (QED) is 0.574. The molecule has 0 N–H and O–H groups in total. The third-order valence-corrected chi connectivity index (χ3v) is 7.86. The van der Waals surface area contributed by atoms with Crippen LogP contribution in [0.15, 0.2) is 36.0 Å². The highest BCUT2D eigenvalue weighted by atomic mass is 15.2. The summed E-state index contributed by atoms with van der Waals surface area (Å²) >= 11 is 0. The molecule has 1 aromatic rings. The van der Waals surface area contributed by atoms with Crippen LogP contribution < -0.4 is 0 Å². The summed E-state index contributed by atoms with van der Waals surface area (Å²) in [6.45, 7) is 14.3. The Labute approximate surface area is 161 Å². The number of hydrogen-bond acceptors (Lipinski definition) is 1. The summed E-state index contributed by atoms with van der Waals surface area (Å²) in [5.74, 6) is 0.803. The summed E-state index contributed by atoms with van der Waals surface area (Å²) in [7, 11) is 0. The summed E-state index contributed by atoms with van der Waals surface area (Å²) in [4.78, 5) is 2.70. The average Bonchev–Trinajstić information content (AvgIpc) is 3.00. The Morgan fingerprint density at radius 1 is 1.00 bits per heavy atom. The molecule has 3 rings (SSSR count). The number of hydrogen-bond donors (Lipinski definition) is 0. The molecule has 144 valence electrons. The van der Waals surface area contributed by atoms with Crippen LogP contribution in [0.4, 0.5) is 0 Å². The highest BCUT2D eigenvalue weighted by Gasteiger charge is 2.47. The zero-order valence-corrected chi connectivity index (χ0v) is 17.8. The molecule has 1 aromatic carbocycles. The van der Waals surface area contributed by atoms with E-state index in [1.54, 1.807) is 5.70 Å². The first-order chi connectivity index (χ1) is 12.4. The molecule has 2 fully saturated rings. The second-order valence-electron chi connectivity index (χ2n) is 9.42. The minimum Gasteiger partial charge on any atom is -0.374 e. The molecule has 1 aliphatic heterocycles. The van der Waals surface area contributed by atoms with Gasteiger partial charge in [-0.05, 0) is 74.3 Å². The van der Waals surface area contributed by atoms with Gasteiger partial charge in [-0.2, -0.15) is 0 Å². The van der Waals surface area contributed by atoms with E-state index in [1.807, 2.05) is 0 Å². The van der Waals surface area contributed by atoms with Crippen molar-refractivity contribution in [3.8, 4) is 0 Å². The van der Waals surface area contributed by atoms with Crippen molar-refractivity contribution in [1.29, 1.82) is 0 Å². The van der Waals surface area contributed by atoms with E-state index in [0.717, 1.165) is 12.3 Å². The first-order valence-electron chi connectivity index (χ1n) is 10.9. The van der Waals surface area contributed by atoms with Gasteiger partial charge in [-0.25, -0.2) is 0 Å². The number of rotatable bonds is 5. The van der Waals surface area contributed by atoms with E-state index in [0.29, 0.717) is 10.8 Å². The van der Waals surface area contributed by atoms with Crippen LogP contribution in [0, 0.1) is 16.7 Å². The molecule has 2 aliphatic rings. The molecule has 0 aromatic heterocycles. The highest BCUT2D eigenvalue weighted by molar-refractivity contribution is 5.24. The Morgan fingerprint density at radius 2 is 1.62 bits per heavy atom. The number of likely N-dealkylation sites (tertiary alicyclic amines) is 1. The molecule has 1 saturated heterocycles. The predicted octanol–water partition coefficient (Wildman–Crippen LogP) is 6.62. The van der Waals surface area contributed by atoms with Crippen LogP contribution in [0.25, 0.3) is 0 Å². The molecule has 0 radical (unpaired) electrons. The molecule has 1 heteroatoms. The van der Waals surface area contributed by atoms with Crippen LogP contribution in [0.3, 0.4) is 0 Å². The molecule has 0 atom stereocenters. The fraction of sp³-hybridized carbons (Fsp3) is 0.680. The maximum absolute atomic E-state index is 2.70. The van der Waals surface area contributed by atoms with Crippen LogP contribution in [-0.2, 0) is 12.8 Å². The van der Waals surface area contributed by atoms with E-state index in [-0.39, 0.29) is 0 Å². The molecular weight excluding hydrogens is 314 g/mol. The predicted molar refractivity (Wildman–Crippen MR) is 113 cm³/mol. The van der Waals surface area contributed by atoms with Crippen molar-refractivity contribution in [3.63, 3.8) is 0 Å². The van der Waals surface area contributed by atoms with Gasteiger partial charge in [0.2, 0.25) is 0 Å². The monoisotopic (exact) mass is 353 g/mol. The molecule has 0 unspecified atom stereocenters. The molecule has 0 bridgehead atoms.